The van der Waals surface area contributed by atoms with Gasteiger partial charge in [0.15, 0.2) is 0 Å². The lowest BCUT2D eigenvalue weighted by atomic mass is 9.88. The summed E-state index contributed by atoms with van der Waals surface area (Å²) >= 11 is 0. The lowest BCUT2D eigenvalue weighted by Gasteiger charge is -2.24. The van der Waals surface area contributed by atoms with Gasteiger partial charge in [0, 0.05) is 20.2 Å². The third-order valence-electron chi connectivity index (χ3n) is 4.80. The minimum Gasteiger partial charge on any atom is -0.481 e. The molecule has 1 saturated heterocycles. The second-order valence-corrected chi connectivity index (χ2v) is 6.40. The van der Waals surface area contributed by atoms with Crippen molar-refractivity contribution in [1.29, 1.82) is 0 Å². The highest BCUT2D eigenvalue weighted by atomic mass is 16.5. The maximum atomic E-state index is 12.7. The van der Waals surface area contributed by atoms with E-state index < -0.39 is 11.4 Å². The predicted octanol–water partition coefficient (Wildman–Crippen LogP) is 2.33. The van der Waals surface area contributed by atoms with Crippen molar-refractivity contribution < 1.29 is 19.4 Å². The van der Waals surface area contributed by atoms with Crippen molar-refractivity contribution in [1.82, 2.24) is 4.90 Å². The second-order valence-electron chi connectivity index (χ2n) is 6.40. The number of hydrogen-bond acceptors (Lipinski definition) is 3. The van der Waals surface area contributed by atoms with Gasteiger partial charge in [0.2, 0.25) is 5.91 Å². The molecule has 1 atom stereocenters. The van der Waals surface area contributed by atoms with E-state index in [1.54, 1.807) is 4.90 Å². The number of benzene rings is 2. The predicted molar refractivity (Wildman–Crippen MR) is 90.8 cm³/mol. The van der Waals surface area contributed by atoms with Crippen LogP contribution in [0.25, 0.3) is 10.8 Å². The molecule has 126 valence electrons. The standard InChI is InChI=1S/C19H21NO4/c1-24-13-19(18(22)23)9-10-20(12-19)17(21)11-15-7-4-6-14-5-2-3-8-16(14)15/h2-8H,9-13H2,1H3,(H,22,23). The number of amides is 1. The Hall–Kier alpha value is -2.40. The highest BCUT2D eigenvalue weighted by Crippen LogP contribution is 2.32. The molecule has 3 rings (SSSR count). The number of aliphatic carboxylic acids is 1. The van der Waals surface area contributed by atoms with E-state index in [1.807, 2.05) is 42.5 Å². The minimum atomic E-state index is -0.983. The Labute approximate surface area is 140 Å². The number of carboxylic acid groups (broad SMARTS) is 1. The van der Waals surface area contributed by atoms with E-state index in [1.165, 1.54) is 7.11 Å². The van der Waals surface area contributed by atoms with E-state index in [0.29, 0.717) is 13.0 Å². The maximum Gasteiger partial charge on any atom is 0.313 e. The van der Waals surface area contributed by atoms with Crippen LogP contribution in [0.5, 0.6) is 0 Å². The van der Waals surface area contributed by atoms with Crippen LogP contribution in [0.2, 0.25) is 0 Å². The molecule has 1 amide bonds. The number of fused-ring (bicyclic) bond motifs is 1. The van der Waals surface area contributed by atoms with Crippen molar-refractivity contribution in [2.45, 2.75) is 12.8 Å². The average molecular weight is 327 g/mol. The van der Waals surface area contributed by atoms with Crippen molar-refractivity contribution in [2.24, 2.45) is 5.41 Å². The fraction of sp³-hybridized carbons (Fsp3) is 0.368. The molecule has 1 N–H and O–H groups in total. The minimum absolute atomic E-state index is 0.0365. The lowest BCUT2D eigenvalue weighted by molar-refractivity contribution is -0.151. The second kappa shape index (κ2) is 6.61. The number of carboxylic acids is 1. The Morgan fingerprint density at radius 3 is 2.71 bits per heavy atom. The number of ether oxygens (including phenoxy) is 1. The summed E-state index contributed by atoms with van der Waals surface area (Å²) in [5.41, 5.74) is -0.0129. The van der Waals surface area contributed by atoms with Crippen LogP contribution in [0, 0.1) is 5.41 Å². The summed E-state index contributed by atoms with van der Waals surface area (Å²) in [6.45, 7) is 0.791. The molecule has 0 aromatic heterocycles. The van der Waals surface area contributed by atoms with Gasteiger partial charge in [-0.3, -0.25) is 9.59 Å². The molecule has 1 aliphatic rings. The van der Waals surface area contributed by atoms with Crippen LogP contribution >= 0.6 is 0 Å². The van der Waals surface area contributed by atoms with Crippen LogP contribution in [-0.2, 0) is 20.7 Å². The number of carbonyl (C=O) groups excluding carboxylic acids is 1. The number of nitrogens with zero attached hydrogens (tertiary/aromatic N) is 1. The first-order valence-electron chi connectivity index (χ1n) is 8.02. The highest BCUT2D eigenvalue weighted by Gasteiger charge is 2.46. The number of carbonyl (C=O) groups is 2. The van der Waals surface area contributed by atoms with Gasteiger partial charge in [-0.1, -0.05) is 42.5 Å². The van der Waals surface area contributed by atoms with Gasteiger partial charge in [0.05, 0.1) is 13.0 Å². The first kappa shape index (κ1) is 16.5. The van der Waals surface area contributed by atoms with E-state index in [9.17, 15) is 14.7 Å². The molecule has 1 unspecified atom stereocenters. The topological polar surface area (TPSA) is 66.8 Å². The molecule has 0 spiro atoms. The summed E-state index contributed by atoms with van der Waals surface area (Å²) in [6.07, 6.45) is 0.710. The van der Waals surface area contributed by atoms with Gasteiger partial charge in [0.25, 0.3) is 0 Å². The van der Waals surface area contributed by atoms with Crippen LogP contribution in [0.3, 0.4) is 0 Å². The van der Waals surface area contributed by atoms with Gasteiger partial charge in [0.1, 0.15) is 5.41 Å². The van der Waals surface area contributed by atoms with Crippen LogP contribution in [0.1, 0.15) is 12.0 Å². The smallest absolute Gasteiger partial charge is 0.313 e. The molecular formula is C19H21NO4. The monoisotopic (exact) mass is 327 g/mol. The molecule has 1 fully saturated rings. The van der Waals surface area contributed by atoms with Crippen molar-refractivity contribution in [3.05, 3.63) is 48.0 Å². The summed E-state index contributed by atoms with van der Waals surface area (Å²) in [4.78, 5) is 25.9. The van der Waals surface area contributed by atoms with Gasteiger partial charge in [-0.15, -0.1) is 0 Å². The summed E-state index contributed by atoms with van der Waals surface area (Å²) in [7, 11) is 1.49. The van der Waals surface area contributed by atoms with Crippen LogP contribution in [-0.4, -0.2) is 48.7 Å². The third kappa shape index (κ3) is 2.99. The van der Waals surface area contributed by atoms with Gasteiger partial charge < -0.3 is 14.7 Å². The van der Waals surface area contributed by atoms with Crippen molar-refractivity contribution >= 4 is 22.6 Å². The normalized spacial score (nSPS) is 20.5. The highest BCUT2D eigenvalue weighted by molar-refractivity contribution is 5.90. The average Bonchev–Trinajstić information content (AvgIpc) is 3.01. The van der Waals surface area contributed by atoms with Crippen molar-refractivity contribution in [2.75, 3.05) is 26.8 Å². The molecule has 1 heterocycles. The van der Waals surface area contributed by atoms with Gasteiger partial charge in [-0.05, 0) is 22.8 Å². The van der Waals surface area contributed by atoms with Gasteiger partial charge >= 0.3 is 5.97 Å². The van der Waals surface area contributed by atoms with E-state index in [-0.39, 0.29) is 25.5 Å². The Bertz CT molecular complexity index is 768. The summed E-state index contributed by atoms with van der Waals surface area (Å²) in [6, 6.07) is 13.9. The Kier molecular flexibility index (Phi) is 4.53. The Morgan fingerprint density at radius 1 is 1.21 bits per heavy atom. The molecule has 0 radical (unpaired) electrons. The zero-order valence-corrected chi connectivity index (χ0v) is 13.7. The SMILES string of the molecule is COCC1(C(=O)O)CCN(C(=O)Cc2cccc3ccccc23)C1. The molecule has 24 heavy (non-hydrogen) atoms. The molecule has 0 bridgehead atoms. The van der Waals surface area contributed by atoms with E-state index >= 15 is 0 Å². The lowest BCUT2D eigenvalue weighted by Crippen LogP contribution is -2.40. The largest absolute Gasteiger partial charge is 0.481 e. The number of likely N-dealkylation sites (tertiary alicyclic amines) is 1. The molecule has 5 nitrogen and oxygen atoms in total. The van der Waals surface area contributed by atoms with Crippen molar-refractivity contribution in [3.63, 3.8) is 0 Å². The molecule has 0 saturated carbocycles. The zero-order valence-electron chi connectivity index (χ0n) is 13.7. The van der Waals surface area contributed by atoms with E-state index in [4.69, 9.17) is 4.74 Å². The molecule has 5 heteroatoms. The number of rotatable bonds is 5. The summed E-state index contributed by atoms with van der Waals surface area (Å²) in [5.74, 6) is -0.935. The third-order valence-corrected chi connectivity index (χ3v) is 4.80. The summed E-state index contributed by atoms with van der Waals surface area (Å²) in [5, 5.41) is 11.7. The van der Waals surface area contributed by atoms with Crippen molar-refractivity contribution in [3.8, 4) is 0 Å². The zero-order chi connectivity index (χ0) is 17.2. The fourth-order valence-corrected chi connectivity index (χ4v) is 3.44. The van der Waals surface area contributed by atoms with Gasteiger partial charge in [-0.25, -0.2) is 0 Å². The number of methoxy groups -OCH3 is 1. The first-order chi connectivity index (χ1) is 11.6. The molecule has 2 aromatic carbocycles. The van der Waals surface area contributed by atoms with Crippen LogP contribution < -0.4 is 0 Å². The summed E-state index contributed by atoms with van der Waals surface area (Å²) < 4.78 is 5.08. The Morgan fingerprint density at radius 2 is 1.96 bits per heavy atom. The van der Waals surface area contributed by atoms with Crippen LogP contribution in [0.15, 0.2) is 42.5 Å². The molecule has 0 aliphatic carbocycles. The van der Waals surface area contributed by atoms with Crippen LogP contribution in [0.4, 0.5) is 0 Å². The van der Waals surface area contributed by atoms with E-state index in [2.05, 4.69) is 0 Å². The molecule has 1 aliphatic heterocycles. The first-order valence-corrected chi connectivity index (χ1v) is 8.02. The van der Waals surface area contributed by atoms with Gasteiger partial charge in [-0.2, -0.15) is 0 Å². The quantitative estimate of drug-likeness (QED) is 0.915. The number of hydrogen-bond donors (Lipinski definition) is 1. The maximum absolute atomic E-state index is 12.7. The molecular weight excluding hydrogens is 306 g/mol. The fourth-order valence-electron chi connectivity index (χ4n) is 3.44. The Balaban J connectivity index is 1.77. The molecule has 2 aromatic rings. The van der Waals surface area contributed by atoms with E-state index in [0.717, 1.165) is 16.3 Å².